The van der Waals surface area contributed by atoms with Gasteiger partial charge in [-0.3, -0.25) is 9.69 Å². The molecule has 16 heavy (non-hydrogen) atoms. The van der Waals surface area contributed by atoms with Crippen LogP contribution in [0.4, 0.5) is 0 Å². The van der Waals surface area contributed by atoms with Crippen molar-refractivity contribution in [2.75, 3.05) is 39.8 Å². The lowest BCUT2D eigenvalue weighted by molar-refractivity contribution is -0.131. The first-order valence-corrected chi connectivity index (χ1v) is 5.88. The average Bonchev–Trinajstić information content (AvgIpc) is 2.67. The van der Waals surface area contributed by atoms with E-state index < -0.39 is 0 Å². The maximum absolute atomic E-state index is 11.8. The number of carbonyl (C=O) groups is 1. The molecule has 1 heterocycles. The first kappa shape index (κ1) is 15.7. The van der Waals surface area contributed by atoms with Gasteiger partial charge in [0.15, 0.2) is 0 Å². The first-order chi connectivity index (χ1) is 7.21. The molecule has 0 aromatic carbocycles. The minimum absolute atomic E-state index is 0. The monoisotopic (exact) mass is 249 g/mol. The number of likely N-dealkylation sites (N-methyl/N-ethyl adjacent to an activating group) is 2. The molecule has 0 aliphatic carbocycles. The van der Waals surface area contributed by atoms with Crippen LogP contribution in [0.15, 0.2) is 0 Å². The topological polar surface area (TPSA) is 35.6 Å². The van der Waals surface area contributed by atoms with Gasteiger partial charge in [-0.2, -0.15) is 0 Å². The molecule has 0 radical (unpaired) electrons. The second-order valence-corrected chi connectivity index (χ2v) is 4.08. The lowest BCUT2D eigenvalue weighted by Crippen LogP contribution is -2.40. The number of nitrogens with one attached hydrogen (secondary N) is 1. The minimum Gasteiger partial charge on any atom is -0.342 e. The number of amides is 1. The van der Waals surface area contributed by atoms with Crippen LogP contribution in [-0.2, 0) is 4.79 Å². The van der Waals surface area contributed by atoms with Crippen molar-refractivity contribution in [3.63, 3.8) is 0 Å². The molecule has 1 amide bonds. The van der Waals surface area contributed by atoms with Gasteiger partial charge >= 0.3 is 0 Å². The van der Waals surface area contributed by atoms with Crippen molar-refractivity contribution in [3.8, 4) is 0 Å². The molecule has 0 spiro atoms. The maximum Gasteiger partial charge on any atom is 0.236 e. The Kier molecular flexibility index (Phi) is 7.72. The molecular weight excluding hydrogens is 226 g/mol. The van der Waals surface area contributed by atoms with Crippen molar-refractivity contribution in [2.24, 2.45) is 0 Å². The van der Waals surface area contributed by atoms with Crippen molar-refractivity contribution >= 4 is 18.3 Å². The standard InChI is InChI=1S/C11H23N3O.ClH/c1-4-14(5-2)11(15)9-13-7-6-10(8-13)12-3;/h10,12H,4-9H2,1-3H3;1H. The van der Waals surface area contributed by atoms with Gasteiger partial charge in [0.1, 0.15) is 0 Å². The lowest BCUT2D eigenvalue weighted by atomic mass is 10.3. The van der Waals surface area contributed by atoms with Gasteiger partial charge in [-0.05, 0) is 27.3 Å². The van der Waals surface area contributed by atoms with E-state index in [0.29, 0.717) is 12.6 Å². The molecule has 1 fully saturated rings. The van der Waals surface area contributed by atoms with E-state index in [9.17, 15) is 4.79 Å². The predicted molar refractivity (Wildman–Crippen MR) is 69.1 cm³/mol. The number of hydrogen-bond donors (Lipinski definition) is 1. The van der Waals surface area contributed by atoms with E-state index >= 15 is 0 Å². The highest BCUT2D eigenvalue weighted by atomic mass is 35.5. The Hall–Kier alpha value is -0.320. The average molecular weight is 250 g/mol. The minimum atomic E-state index is 0. The highest BCUT2D eigenvalue weighted by molar-refractivity contribution is 5.85. The summed E-state index contributed by atoms with van der Waals surface area (Å²) in [4.78, 5) is 16.0. The molecule has 0 aromatic heterocycles. The molecule has 0 aromatic rings. The molecule has 1 saturated heterocycles. The van der Waals surface area contributed by atoms with Crippen LogP contribution in [0, 0.1) is 0 Å². The molecular formula is C11H24ClN3O. The Morgan fingerprint density at radius 1 is 1.44 bits per heavy atom. The van der Waals surface area contributed by atoms with Crippen molar-refractivity contribution in [3.05, 3.63) is 0 Å². The summed E-state index contributed by atoms with van der Waals surface area (Å²) in [5.41, 5.74) is 0. The molecule has 1 aliphatic rings. The van der Waals surface area contributed by atoms with Gasteiger partial charge < -0.3 is 10.2 Å². The highest BCUT2D eigenvalue weighted by Crippen LogP contribution is 2.08. The van der Waals surface area contributed by atoms with Crippen LogP contribution in [0.1, 0.15) is 20.3 Å². The van der Waals surface area contributed by atoms with Crippen LogP contribution in [-0.4, -0.2) is 61.5 Å². The second-order valence-electron chi connectivity index (χ2n) is 4.08. The van der Waals surface area contributed by atoms with Crippen molar-refractivity contribution in [2.45, 2.75) is 26.3 Å². The van der Waals surface area contributed by atoms with Crippen LogP contribution < -0.4 is 5.32 Å². The summed E-state index contributed by atoms with van der Waals surface area (Å²) < 4.78 is 0. The Bertz CT molecular complexity index is 209. The van der Waals surface area contributed by atoms with E-state index in [-0.39, 0.29) is 18.3 Å². The molecule has 4 nitrogen and oxygen atoms in total. The van der Waals surface area contributed by atoms with Crippen LogP contribution in [0.25, 0.3) is 0 Å². The second kappa shape index (κ2) is 7.87. The van der Waals surface area contributed by atoms with E-state index in [1.54, 1.807) is 0 Å². The normalized spacial score (nSPS) is 20.6. The van der Waals surface area contributed by atoms with Gasteiger partial charge in [-0.1, -0.05) is 0 Å². The van der Waals surface area contributed by atoms with Crippen LogP contribution >= 0.6 is 12.4 Å². The van der Waals surface area contributed by atoms with Crippen molar-refractivity contribution in [1.29, 1.82) is 0 Å². The number of hydrogen-bond acceptors (Lipinski definition) is 3. The Labute approximate surface area is 105 Å². The summed E-state index contributed by atoms with van der Waals surface area (Å²) >= 11 is 0. The summed E-state index contributed by atoms with van der Waals surface area (Å²) in [7, 11) is 1.99. The predicted octanol–water partition coefficient (Wildman–Crippen LogP) is 0.570. The first-order valence-electron chi connectivity index (χ1n) is 5.88. The number of carbonyl (C=O) groups excluding carboxylic acids is 1. The number of nitrogens with zero attached hydrogens (tertiary/aromatic N) is 2. The highest BCUT2D eigenvalue weighted by Gasteiger charge is 2.23. The summed E-state index contributed by atoms with van der Waals surface area (Å²) in [5, 5.41) is 3.26. The molecule has 96 valence electrons. The van der Waals surface area contributed by atoms with E-state index in [2.05, 4.69) is 10.2 Å². The molecule has 0 bridgehead atoms. The number of rotatable bonds is 5. The Balaban J connectivity index is 0.00000225. The quantitative estimate of drug-likeness (QED) is 0.774. The zero-order valence-electron chi connectivity index (χ0n) is 10.5. The smallest absolute Gasteiger partial charge is 0.236 e. The summed E-state index contributed by atoms with van der Waals surface area (Å²) in [6.07, 6.45) is 1.15. The zero-order valence-corrected chi connectivity index (χ0v) is 11.3. The third kappa shape index (κ3) is 4.28. The zero-order chi connectivity index (χ0) is 11.3. The Morgan fingerprint density at radius 3 is 2.50 bits per heavy atom. The fraction of sp³-hybridized carbons (Fsp3) is 0.909. The van der Waals surface area contributed by atoms with Gasteiger partial charge in [-0.15, -0.1) is 12.4 Å². The largest absolute Gasteiger partial charge is 0.342 e. The molecule has 1 aliphatic heterocycles. The fourth-order valence-corrected chi connectivity index (χ4v) is 2.08. The number of likely N-dealkylation sites (tertiary alicyclic amines) is 1. The van der Waals surface area contributed by atoms with Crippen LogP contribution in [0.3, 0.4) is 0 Å². The van der Waals surface area contributed by atoms with Gasteiger partial charge in [-0.25, -0.2) is 0 Å². The summed E-state index contributed by atoms with van der Waals surface area (Å²) in [6.45, 7) is 8.32. The number of halogens is 1. The third-order valence-electron chi connectivity index (χ3n) is 3.16. The van der Waals surface area contributed by atoms with Gasteiger partial charge in [0.05, 0.1) is 6.54 Å². The molecule has 1 unspecified atom stereocenters. The molecule has 1 rings (SSSR count). The molecule has 5 heteroatoms. The third-order valence-corrected chi connectivity index (χ3v) is 3.16. The molecule has 1 atom stereocenters. The van der Waals surface area contributed by atoms with Crippen LogP contribution in [0.2, 0.25) is 0 Å². The van der Waals surface area contributed by atoms with Gasteiger partial charge in [0.2, 0.25) is 5.91 Å². The summed E-state index contributed by atoms with van der Waals surface area (Å²) in [6, 6.07) is 0.564. The Morgan fingerprint density at radius 2 is 2.06 bits per heavy atom. The molecule has 0 saturated carbocycles. The van der Waals surface area contributed by atoms with Crippen LogP contribution in [0.5, 0.6) is 0 Å². The van der Waals surface area contributed by atoms with Gasteiger partial charge in [0, 0.05) is 32.2 Å². The lowest BCUT2D eigenvalue weighted by Gasteiger charge is -2.22. The SMILES string of the molecule is CCN(CC)C(=O)CN1CCC(NC)C1.Cl. The van der Waals surface area contributed by atoms with E-state index in [1.807, 2.05) is 25.8 Å². The molecule has 1 N–H and O–H groups in total. The van der Waals surface area contributed by atoms with Gasteiger partial charge in [0.25, 0.3) is 0 Å². The van der Waals surface area contributed by atoms with E-state index in [4.69, 9.17) is 0 Å². The van der Waals surface area contributed by atoms with Crippen molar-refractivity contribution < 1.29 is 4.79 Å². The maximum atomic E-state index is 11.8. The van der Waals surface area contributed by atoms with E-state index in [0.717, 1.165) is 32.6 Å². The van der Waals surface area contributed by atoms with E-state index in [1.165, 1.54) is 0 Å². The van der Waals surface area contributed by atoms with Crippen molar-refractivity contribution in [1.82, 2.24) is 15.1 Å². The summed E-state index contributed by atoms with van der Waals surface area (Å²) in [5.74, 6) is 0.261. The fourth-order valence-electron chi connectivity index (χ4n) is 2.08.